The maximum absolute atomic E-state index is 5.48. The summed E-state index contributed by atoms with van der Waals surface area (Å²) >= 11 is 0. The van der Waals surface area contributed by atoms with Crippen molar-refractivity contribution in [2.24, 2.45) is 11.7 Å². The topological polar surface area (TPSA) is 29.3 Å². The quantitative estimate of drug-likeness (QED) is 0.639. The van der Waals surface area contributed by atoms with Crippen LogP contribution in [0.4, 0.5) is 0 Å². The molecule has 19 heavy (non-hydrogen) atoms. The predicted octanol–water partition coefficient (Wildman–Crippen LogP) is 4.01. The second-order valence-electron chi connectivity index (χ2n) is 5.01. The van der Waals surface area contributed by atoms with Crippen LogP contribution in [0.3, 0.4) is 0 Å². The molecule has 0 aliphatic carbocycles. The van der Waals surface area contributed by atoms with E-state index in [1.54, 1.807) is 6.08 Å². The molecule has 0 aliphatic heterocycles. The van der Waals surface area contributed by atoms with Gasteiger partial charge in [0, 0.05) is 0 Å². The van der Waals surface area contributed by atoms with Crippen LogP contribution in [0.2, 0.25) is 0 Å². The molecule has 0 bridgehead atoms. The molecule has 0 aromatic carbocycles. The standard InChI is InChI=1S/C14H26N2.C3H8/c1-5-6-8-13(2)14(3)9-12-16(4)11-7-10-15;1-3-2/h5-6,8,14H,1-2,7,9-12,15H2,3-4H3;3H2,1-2H3/b8-6-;. The lowest BCUT2D eigenvalue weighted by atomic mass is 9.98. The molecule has 0 radical (unpaired) electrons. The van der Waals surface area contributed by atoms with Gasteiger partial charge >= 0.3 is 0 Å². The first kappa shape index (κ1) is 20.5. The molecule has 0 amide bonds. The zero-order chi connectivity index (χ0) is 15.1. The molecule has 0 saturated heterocycles. The van der Waals surface area contributed by atoms with Crippen molar-refractivity contribution >= 4 is 0 Å². The third kappa shape index (κ3) is 15.1. The number of hydrogen-bond acceptors (Lipinski definition) is 2. The first-order valence-electron chi connectivity index (χ1n) is 7.39. The Labute approximate surface area is 121 Å². The molecule has 2 N–H and O–H groups in total. The van der Waals surface area contributed by atoms with Gasteiger partial charge in [-0.3, -0.25) is 0 Å². The zero-order valence-electron chi connectivity index (χ0n) is 13.5. The van der Waals surface area contributed by atoms with Gasteiger partial charge in [-0.15, -0.1) is 0 Å². The van der Waals surface area contributed by atoms with E-state index in [2.05, 4.69) is 45.9 Å². The number of allylic oxidation sites excluding steroid dienone is 4. The summed E-state index contributed by atoms with van der Waals surface area (Å²) in [6.07, 6.45) is 9.23. The monoisotopic (exact) mass is 266 g/mol. The van der Waals surface area contributed by atoms with Crippen molar-refractivity contribution in [3.8, 4) is 0 Å². The van der Waals surface area contributed by atoms with Gasteiger partial charge in [-0.25, -0.2) is 0 Å². The van der Waals surface area contributed by atoms with E-state index in [4.69, 9.17) is 5.73 Å². The Bertz CT molecular complexity index is 244. The van der Waals surface area contributed by atoms with Crippen molar-refractivity contribution in [3.05, 3.63) is 37.0 Å². The van der Waals surface area contributed by atoms with E-state index in [1.807, 2.05) is 12.2 Å². The normalized spacial score (nSPS) is 12.1. The van der Waals surface area contributed by atoms with Crippen molar-refractivity contribution in [1.82, 2.24) is 4.90 Å². The van der Waals surface area contributed by atoms with Gasteiger partial charge in [0.1, 0.15) is 0 Å². The molecule has 2 nitrogen and oxygen atoms in total. The van der Waals surface area contributed by atoms with Crippen LogP contribution in [0, 0.1) is 5.92 Å². The lowest BCUT2D eigenvalue weighted by molar-refractivity contribution is 0.312. The minimum Gasteiger partial charge on any atom is -0.330 e. The average molecular weight is 266 g/mol. The van der Waals surface area contributed by atoms with Gasteiger partial charge in [0.2, 0.25) is 0 Å². The summed E-state index contributed by atoms with van der Waals surface area (Å²) in [6, 6.07) is 0. The van der Waals surface area contributed by atoms with Gasteiger partial charge < -0.3 is 10.6 Å². The highest BCUT2D eigenvalue weighted by molar-refractivity contribution is 5.20. The van der Waals surface area contributed by atoms with Crippen LogP contribution in [-0.4, -0.2) is 31.6 Å². The third-order valence-corrected chi connectivity index (χ3v) is 2.77. The fourth-order valence-corrected chi connectivity index (χ4v) is 1.43. The fourth-order valence-electron chi connectivity index (χ4n) is 1.43. The van der Waals surface area contributed by atoms with Crippen LogP contribution in [-0.2, 0) is 0 Å². The van der Waals surface area contributed by atoms with Gasteiger partial charge in [-0.1, -0.05) is 64.2 Å². The van der Waals surface area contributed by atoms with Crippen LogP contribution >= 0.6 is 0 Å². The Morgan fingerprint density at radius 2 is 1.89 bits per heavy atom. The summed E-state index contributed by atoms with van der Waals surface area (Å²) in [5, 5.41) is 0. The van der Waals surface area contributed by atoms with E-state index < -0.39 is 0 Å². The molecule has 0 aromatic heterocycles. The number of rotatable bonds is 9. The number of nitrogens with zero attached hydrogens (tertiary/aromatic N) is 1. The molecule has 1 atom stereocenters. The first-order chi connectivity index (χ1) is 9.03. The average Bonchev–Trinajstić information content (AvgIpc) is 2.40. The van der Waals surface area contributed by atoms with Gasteiger partial charge in [0.15, 0.2) is 0 Å². The second kappa shape index (κ2) is 15.2. The van der Waals surface area contributed by atoms with Crippen molar-refractivity contribution in [2.45, 2.75) is 40.0 Å². The molecule has 0 saturated carbocycles. The molecule has 0 heterocycles. The Morgan fingerprint density at radius 3 is 2.37 bits per heavy atom. The van der Waals surface area contributed by atoms with E-state index >= 15 is 0 Å². The zero-order valence-corrected chi connectivity index (χ0v) is 13.5. The summed E-state index contributed by atoms with van der Waals surface area (Å²) in [6.45, 7) is 17.1. The highest BCUT2D eigenvalue weighted by Crippen LogP contribution is 2.14. The van der Waals surface area contributed by atoms with Crippen LogP contribution in [0.5, 0.6) is 0 Å². The highest BCUT2D eigenvalue weighted by Gasteiger charge is 2.05. The van der Waals surface area contributed by atoms with Crippen molar-refractivity contribution in [3.63, 3.8) is 0 Å². The smallest absolute Gasteiger partial charge is 0.000976 e. The maximum atomic E-state index is 5.48. The van der Waals surface area contributed by atoms with E-state index in [1.165, 1.54) is 12.0 Å². The Balaban J connectivity index is 0. The minimum atomic E-state index is 0.525. The first-order valence-corrected chi connectivity index (χ1v) is 7.39. The lowest BCUT2D eigenvalue weighted by Crippen LogP contribution is -2.24. The Hall–Kier alpha value is -0.860. The lowest BCUT2D eigenvalue weighted by Gasteiger charge is -2.19. The molecule has 112 valence electrons. The maximum Gasteiger partial charge on any atom is -0.000976 e. The minimum absolute atomic E-state index is 0.525. The van der Waals surface area contributed by atoms with Crippen LogP contribution in [0.1, 0.15) is 40.0 Å². The Morgan fingerprint density at radius 1 is 1.32 bits per heavy atom. The van der Waals surface area contributed by atoms with E-state index in [-0.39, 0.29) is 0 Å². The molecule has 2 heteroatoms. The van der Waals surface area contributed by atoms with Crippen LogP contribution in [0.25, 0.3) is 0 Å². The van der Waals surface area contributed by atoms with Crippen LogP contribution < -0.4 is 5.73 Å². The SMILES string of the molecule is C=C/C=C\C(=C)C(C)CCN(C)CCCN.CCC. The van der Waals surface area contributed by atoms with Crippen molar-refractivity contribution in [1.29, 1.82) is 0 Å². The van der Waals surface area contributed by atoms with Gasteiger partial charge in [0.05, 0.1) is 0 Å². The Kier molecular flexibility index (Phi) is 16.4. The highest BCUT2D eigenvalue weighted by atomic mass is 15.1. The van der Waals surface area contributed by atoms with Gasteiger partial charge in [0.25, 0.3) is 0 Å². The molecule has 0 aromatic rings. The fraction of sp³-hybridized carbons (Fsp3) is 0.647. The molecular formula is C17H34N2. The summed E-state index contributed by atoms with van der Waals surface area (Å²) in [5.74, 6) is 0.525. The third-order valence-electron chi connectivity index (χ3n) is 2.77. The number of nitrogens with two attached hydrogens (primary N) is 1. The molecule has 1 unspecified atom stereocenters. The van der Waals surface area contributed by atoms with Gasteiger partial charge in [-0.05, 0) is 45.4 Å². The predicted molar refractivity (Wildman–Crippen MR) is 89.4 cm³/mol. The van der Waals surface area contributed by atoms with E-state index in [0.29, 0.717) is 5.92 Å². The second-order valence-corrected chi connectivity index (χ2v) is 5.01. The van der Waals surface area contributed by atoms with E-state index in [0.717, 1.165) is 32.5 Å². The molecular weight excluding hydrogens is 232 g/mol. The largest absolute Gasteiger partial charge is 0.330 e. The van der Waals surface area contributed by atoms with Crippen molar-refractivity contribution in [2.75, 3.05) is 26.7 Å². The summed E-state index contributed by atoms with van der Waals surface area (Å²) in [7, 11) is 2.14. The molecule has 0 rings (SSSR count). The van der Waals surface area contributed by atoms with Crippen LogP contribution in [0.15, 0.2) is 37.0 Å². The van der Waals surface area contributed by atoms with Crippen molar-refractivity contribution < 1.29 is 0 Å². The summed E-state index contributed by atoms with van der Waals surface area (Å²) < 4.78 is 0. The van der Waals surface area contributed by atoms with E-state index in [9.17, 15) is 0 Å². The summed E-state index contributed by atoms with van der Waals surface area (Å²) in [5.41, 5.74) is 6.65. The number of hydrogen-bond donors (Lipinski definition) is 1. The summed E-state index contributed by atoms with van der Waals surface area (Å²) in [4.78, 5) is 2.33. The molecule has 0 spiro atoms. The molecule has 0 fully saturated rings. The van der Waals surface area contributed by atoms with Gasteiger partial charge in [-0.2, -0.15) is 0 Å². The molecule has 0 aliphatic rings.